The van der Waals surface area contributed by atoms with Crippen molar-refractivity contribution in [1.82, 2.24) is 9.78 Å². The molecule has 1 aliphatic rings. The Balaban J connectivity index is 1.98. The van der Waals surface area contributed by atoms with Gasteiger partial charge in [0.1, 0.15) is 0 Å². The van der Waals surface area contributed by atoms with Gasteiger partial charge in [-0.25, -0.2) is 0 Å². The van der Waals surface area contributed by atoms with E-state index in [2.05, 4.69) is 49.7 Å². The fourth-order valence-corrected chi connectivity index (χ4v) is 2.63. The molecule has 0 amide bonds. The number of hydrogen-bond acceptors (Lipinski definition) is 3. The molecule has 1 fully saturated rings. The summed E-state index contributed by atoms with van der Waals surface area (Å²) in [5.74, 6) is 0. The van der Waals surface area contributed by atoms with Gasteiger partial charge >= 0.3 is 0 Å². The van der Waals surface area contributed by atoms with E-state index in [1.165, 1.54) is 11.4 Å². The van der Waals surface area contributed by atoms with E-state index in [4.69, 9.17) is 4.74 Å². The van der Waals surface area contributed by atoms with Gasteiger partial charge in [0.2, 0.25) is 0 Å². The van der Waals surface area contributed by atoms with E-state index < -0.39 is 0 Å². The monoisotopic (exact) mass is 251 g/mol. The van der Waals surface area contributed by atoms with Crippen LogP contribution in [0.2, 0.25) is 0 Å². The highest BCUT2D eigenvalue weighted by Gasteiger charge is 2.30. The summed E-state index contributed by atoms with van der Waals surface area (Å²) in [5.41, 5.74) is 3.55. The number of anilines is 1. The zero-order valence-corrected chi connectivity index (χ0v) is 12.2. The summed E-state index contributed by atoms with van der Waals surface area (Å²) in [6.07, 6.45) is 2.67. The van der Waals surface area contributed by atoms with E-state index >= 15 is 0 Å². The highest BCUT2D eigenvalue weighted by molar-refractivity contribution is 5.53. The lowest BCUT2D eigenvalue weighted by atomic mass is 9.89. The average molecular weight is 251 g/mol. The Kier molecular flexibility index (Phi) is 3.95. The van der Waals surface area contributed by atoms with Crippen molar-refractivity contribution in [2.75, 3.05) is 11.9 Å². The minimum atomic E-state index is 0.414. The molecule has 0 aliphatic heterocycles. The minimum absolute atomic E-state index is 0.414. The fourth-order valence-electron chi connectivity index (χ4n) is 2.63. The van der Waals surface area contributed by atoms with Gasteiger partial charge < -0.3 is 10.1 Å². The van der Waals surface area contributed by atoms with Gasteiger partial charge in [-0.3, -0.25) is 4.68 Å². The van der Waals surface area contributed by atoms with Gasteiger partial charge in [-0.2, -0.15) is 5.10 Å². The molecule has 1 aromatic heterocycles. The number of rotatable bonds is 5. The van der Waals surface area contributed by atoms with Gasteiger partial charge in [-0.05, 0) is 47.5 Å². The lowest BCUT2D eigenvalue weighted by Crippen LogP contribution is -2.41. The summed E-state index contributed by atoms with van der Waals surface area (Å²) in [5, 5.41) is 8.21. The van der Waals surface area contributed by atoms with Gasteiger partial charge in [0.15, 0.2) is 0 Å². The highest BCUT2D eigenvalue weighted by atomic mass is 16.5. The topological polar surface area (TPSA) is 39.1 Å². The smallest absolute Gasteiger partial charge is 0.0828 e. The largest absolute Gasteiger partial charge is 0.379 e. The minimum Gasteiger partial charge on any atom is -0.379 e. The molecule has 1 aliphatic carbocycles. The summed E-state index contributed by atoms with van der Waals surface area (Å²) in [4.78, 5) is 0. The van der Waals surface area contributed by atoms with Crippen LogP contribution >= 0.6 is 0 Å². The summed E-state index contributed by atoms with van der Waals surface area (Å²) in [6.45, 7) is 11.4. The van der Waals surface area contributed by atoms with E-state index in [0.29, 0.717) is 18.2 Å². The summed E-state index contributed by atoms with van der Waals surface area (Å²) >= 11 is 0. The van der Waals surface area contributed by atoms with Gasteiger partial charge in [-0.1, -0.05) is 0 Å². The maximum atomic E-state index is 5.59. The number of ether oxygens (including phenoxy) is 1. The molecule has 4 nitrogen and oxygen atoms in total. The average Bonchev–Trinajstić information content (AvgIpc) is 2.53. The van der Waals surface area contributed by atoms with Crippen LogP contribution in [-0.4, -0.2) is 28.5 Å². The molecule has 0 atom stereocenters. The zero-order chi connectivity index (χ0) is 13.3. The Morgan fingerprint density at radius 1 is 1.39 bits per heavy atom. The summed E-state index contributed by atoms with van der Waals surface area (Å²) in [6, 6.07) is 0.959. The number of aryl methyl sites for hydroxylation is 1. The van der Waals surface area contributed by atoms with Gasteiger partial charge in [0.25, 0.3) is 0 Å². The molecule has 1 aromatic rings. The van der Waals surface area contributed by atoms with Crippen LogP contribution in [0.3, 0.4) is 0 Å². The normalized spacial score (nSPS) is 23.2. The Labute approximate surface area is 110 Å². The Bertz CT molecular complexity index is 405. The molecule has 0 spiro atoms. The third-order valence-electron chi connectivity index (χ3n) is 3.66. The highest BCUT2D eigenvalue weighted by Crippen LogP contribution is 2.30. The predicted octanol–water partition coefficient (Wildman–Crippen LogP) is 3.06. The maximum Gasteiger partial charge on any atom is 0.0828 e. The second-order valence-electron chi connectivity index (χ2n) is 5.47. The van der Waals surface area contributed by atoms with E-state index in [1.54, 1.807) is 0 Å². The van der Waals surface area contributed by atoms with Crippen LogP contribution in [0.5, 0.6) is 0 Å². The predicted molar refractivity (Wildman–Crippen MR) is 74.1 cm³/mol. The van der Waals surface area contributed by atoms with Crippen LogP contribution in [0.25, 0.3) is 0 Å². The van der Waals surface area contributed by atoms with Crippen LogP contribution < -0.4 is 5.32 Å². The quantitative estimate of drug-likeness (QED) is 0.874. The molecule has 0 bridgehead atoms. The SMILES string of the molecule is CCOC1CC(Nc2c(C)nn(C(C)C)c2C)C1. The van der Waals surface area contributed by atoms with E-state index in [-0.39, 0.29) is 0 Å². The van der Waals surface area contributed by atoms with E-state index in [1.807, 2.05) is 0 Å². The molecule has 1 heterocycles. The van der Waals surface area contributed by atoms with Crippen LogP contribution in [-0.2, 0) is 4.74 Å². The van der Waals surface area contributed by atoms with Crippen molar-refractivity contribution in [3.05, 3.63) is 11.4 Å². The van der Waals surface area contributed by atoms with E-state index in [0.717, 1.165) is 25.1 Å². The second kappa shape index (κ2) is 5.31. The molecule has 2 rings (SSSR count). The first-order valence-corrected chi connectivity index (χ1v) is 6.96. The number of aromatic nitrogens is 2. The lowest BCUT2D eigenvalue weighted by molar-refractivity contribution is 0.00297. The summed E-state index contributed by atoms with van der Waals surface area (Å²) in [7, 11) is 0. The molecule has 0 radical (unpaired) electrons. The molecule has 102 valence electrons. The Morgan fingerprint density at radius 2 is 2.06 bits per heavy atom. The molecular weight excluding hydrogens is 226 g/mol. The molecule has 1 N–H and O–H groups in total. The van der Waals surface area contributed by atoms with Crippen molar-refractivity contribution in [3.8, 4) is 0 Å². The van der Waals surface area contributed by atoms with Gasteiger partial charge in [0, 0.05) is 18.7 Å². The van der Waals surface area contributed by atoms with Crippen molar-refractivity contribution in [2.24, 2.45) is 0 Å². The molecule has 0 aromatic carbocycles. The van der Waals surface area contributed by atoms with Crippen LogP contribution in [0.15, 0.2) is 0 Å². The maximum absolute atomic E-state index is 5.59. The number of nitrogens with zero attached hydrogens (tertiary/aromatic N) is 2. The van der Waals surface area contributed by atoms with Crippen molar-refractivity contribution in [3.63, 3.8) is 0 Å². The molecular formula is C14H25N3O. The van der Waals surface area contributed by atoms with Crippen molar-refractivity contribution in [2.45, 2.75) is 65.6 Å². The molecule has 0 unspecified atom stereocenters. The van der Waals surface area contributed by atoms with Crippen molar-refractivity contribution >= 4 is 5.69 Å². The molecule has 1 saturated carbocycles. The van der Waals surface area contributed by atoms with Crippen molar-refractivity contribution < 1.29 is 4.74 Å². The number of nitrogens with one attached hydrogen (secondary N) is 1. The lowest BCUT2D eigenvalue weighted by Gasteiger charge is -2.36. The first-order chi connectivity index (χ1) is 8.52. The standard InChI is InChI=1S/C14H25N3O/c1-6-18-13-7-12(8-13)15-14-10(4)16-17(9(2)3)11(14)5/h9,12-13,15H,6-8H2,1-5H3. The summed E-state index contributed by atoms with van der Waals surface area (Å²) < 4.78 is 7.68. The van der Waals surface area contributed by atoms with Crippen molar-refractivity contribution in [1.29, 1.82) is 0 Å². The number of hydrogen-bond donors (Lipinski definition) is 1. The third-order valence-corrected chi connectivity index (χ3v) is 3.66. The molecule has 18 heavy (non-hydrogen) atoms. The fraction of sp³-hybridized carbons (Fsp3) is 0.786. The second-order valence-corrected chi connectivity index (χ2v) is 5.47. The molecule has 4 heteroatoms. The third kappa shape index (κ3) is 2.53. The zero-order valence-electron chi connectivity index (χ0n) is 12.2. The van der Waals surface area contributed by atoms with Gasteiger partial charge in [-0.15, -0.1) is 0 Å². The Morgan fingerprint density at radius 3 is 2.56 bits per heavy atom. The van der Waals surface area contributed by atoms with Crippen LogP contribution in [0.4, 0.5) is 5.69 Å². The van der Waals surface area contributed by atoms with Gasteiger partial charge in [0.05, 0.1) is 23.2 Å². The first kappa shape index (κ1) is 13.4. The Hall–Kier alpha value is -1.03. The van der Waals surface area contributed by atoms with E-state index in [9.17, 15) is 0 Å². The van der Waals surface area contributed by atoms with Crippen LogP contribution in [0.1, 0.15) is 51.0 Å². The first-order valence-electron chi connectivity index (χ1n) is 6.96. The van der Waals surface area contributed by atoms with Crippen LogP contribution in [0, 0.1) is 13.8 Å². The molecule has 0 saturated heterocycles.